The molecule has 3 N–H and O–H groups in total. The van der Waals surface area contributed by atoms with E-state index in [9.17, 15) is 22.4 Å². The van der Waals surface area contributed by atoms with Crippen molar-refractivity contribution in [3.05, 3.63) is 76.9 Å². The Morgan fingerprint density at radius 1 is 0.897 bits per heavy atom. The lowest BCUT2D eigenvalue weighted by molar-refractivity contribution is -0.120. The van der Waals surface area contributed by atoms with Gasteiger partial charge in [0.25, 0.3) is 5.91 Å². The highest BCUT2D eigenvalue weighted by atomic mass is 32.2. The molecule has 0 fully saturated rings. The van der Waals surface area contributed by atoms with Crippen LogP contribution >= 0.6 is 0 Å². The standard InChI is InChI=1S/C20H22FN3O4S/c21-18-9-5-4-8-17(18)20(26)23-14-13-22-19(25)10-12-24-29(27,28)15-11-16-6-2-1-3-7-16/h1-9,11,15,24H,10,12-14H2,(H,22,25)(H,23,26)/b15-11+. The fourth-order valence-electron chi connectivity index (χ4n) is 2.29. The number of sulfonamides is 1. The lowest BCUT2D eigenvalue weighted by Crippen LogP contribution is -2.36. The second kappa shape index (κ2) is 11.1. The summed E-state index contributed by atoms with van der Waals surface area (Å²) < 4.78 is 39.5. The minimum atomic E-state index is -3.65. The first-order chi connectivity index (χ1) is 13.9. The summed E-state index contributed by atoms with van der Waals surface area (Å²) in [4.78, 5) is 23.6. The van der Waals surface area contributed by atoms with E-state index in [1.807, 2.05) is 6.07 Å². The molecule has 2 rings (SSSR count). The van der Waals surface area contributed by atoms with Crippen LogP contribution in [0.15, 0.2) is 60.0 Å². The van der Waals surface area contributed by atoms with Gasteiger partial charge in [0, 0.05) is 31.5 Å². The molecular weight excluding hydrogens is 397 g/mol. The van der Waals surface area contributed by atoms with Crippen LogP contribution in [0.25, 0.3) is 6.08 Å². The Kier molecular flexibility index (Phi) is 8.50. The van der Waals surface area contributed by atoms with Crippen LogP contribution in [0.2, 0.25) is 0 Å². The SMILES string of the molecule is O=C(CCNS(=O)(=O)/C=C/c1ccccc1)NCCNC(=O)c1ccccc1F. The molecule has 0 bridgehead atoms. The summed E-state index contributed by atoms with van der Waals surface area (Å²) in [6.07, 6.45) is 1.40. The Morgan fingerprint density at radius 2 is 1.55 bits per heavy atom. The van der Waals surface area contributed by atoms with E-state index >= 15 is 0 Å². The molecule has 0 atom stereocenters. The number of carbonyl (C=O) groups is 2. The van der Waals surface area contributed by atoms with Crippen LogP contribution in [0.1, 0.15) is 22.3 Å². The Labute approximate surface area is 169 Å². The fourth-order valence-corrected chi connectivity index (χ4v) is 3.11. The monoisotopic (exact) mass is 419 g/mol. The smallest absolute Gasteiger partial charge is 0.254 e. The molecule has 0 saturated heterocycles. The van der Waals surface area contributed by atoms with Crippen LogP contribution in [-0.4, -0.2) is 39.9 Å². The molecule has 0 heterocycles. The third kappa shape index (κ3) is 8.24. The molecule has 2 aromatic rings. The molecule has 2 aromatic carbocycles. The molecule has 0 aliphatic carbocycles. The Hall–Kier alpha value is -3.04. The van der Waals surface area contributed by atoms with Crippen molar-refractivity contribution < 1.29 is 22.4 Å². The van der Waals surface area contributed by atoms with E-state index in [1.54, 1.807) is 30.3 Å². The predicted molar refractivity (Wildman–Crippen MR) is 109 cm³/mol. The lowest BCUT2D eigenvalue weighted by Gasteiger charge is -2.08. The fraction of sp³-hybridized carbons (Fsp3) is 0.200. The van der Waals surface area contributed by atoms with Crippen LogP contribution in [0.5, 0.6) is 0 Å². The Balaban J connectivity index is 1.64. The molecule has 7 nitrogen and oxygen atoms in total. The summed E-state index contributed by atoms with van der Waals surface area (Å²) in [5.41, 5.74) is 0.671. The van der Waals surface area contributed by atoms with E-state index in [2.05, 4.69) is 15.4 Å². The highest BCUT2D eigenvalue weighted by Gasteiger charge is 2.10. The van der Waals surface area contributed by atoms with E-state index in [-0.39, 0.29) is 37.5 Å². The maximum atomic E-state index is 13.5. The highest BCUT2D eigenvalue weighted by Crippen LogP contribution is 2.05. The second-order valence-electron chi connectivity index (χ2n) is 5.99. The van der Waals surface area contributed by atoms with Crippen LogP contribution in [0, 0.1) is 5.82 Å². The van der Waals surface area contributed by atoms with Crippen molar-refractivity contribution >= 4 is 27.9 Å². The predicted octanol–water partition coefficient (Wildman–Crippen LogP) is 1.65. The van der Waals surface area contributed by atoms with Crippen molar-refractivity contribution in [3.8, 4) is 0 Å². The third-order valence-electron chi connectivity index (χ3n) is 3.75. The number of hydrogen-bond donors (Lipinski definition) is 3. The van der Waals surface area contributed by atoms with Gasteiger partial charge in [0.1, 0.15) is 5.82 Å². The molecule has 9 heteroatoms. The minimum absolute atomic E-state index is 0.0559. The number of rotatable bonds is 10. The van der Waals surface area contributed by atoms with E-state index in [0.29, 0.717) is 0 Å². The van der Waals surface area contributed by atoms with Crippen molar-refractivity contribution in [1.29, 1.82) is 0 Å². The average Bonchev–Trinajstić information content (AvgIpc) is 2.70. The molecule has 0 saturated carbocycles. The van der Waals surface area contributed by atoms with Crippen LogP contribution in [0.3, 0.4) is 0 Å². The second-order valence-corrected chi connectivity index (χ2v) is 7.64. The summed E-state index contributed by atoms with van der Waals surface area (Å²) in [5.74, 6) is -1.57. The zero-order valence-electron chi connectivity index (χ0n) is 15.6. The number of carbonyl (C=O) groups excluding carboxylic acids is 2. The average molecular weight is 419 g/mol. The molecule has 154 valence electrons. The van der Waals surface area contributed by atoms with E-state index in [0.717, 1.165) is 11.0 Å². The summed E-state index contributed by atoms with van der Waals surface area (Å²) >= 11 is 0. The molecule has 0 aromatic heterocycles. The number of halogens is 1. The molecule has 0 radical (unpaired) electrons. The third-order valence-corrected chi connectivity index (χ3v) is 4.85. The van der Waals surface area contributed by atoms with Gasteiger partial charge in [0.2, 0.25) is 15.9 Å². The minimum Gasteiger partial charge on any atom is -0.354 e. The summed E-state index contributed by atoms with van der Waals surface area (Å²) in [6.45, 7) is 0.193. The molecular formula is C20H22FN3O4S. The van der Waals surface area contributed by atoms with Gasteiger partial charge in [-0.25, -0.2) is 17.5 Å². The normalized spacial score (nSPS) is 11.3. The van der Waals surface area contributed by atoms with Crippen LogP contribution in [0.4, 0.5) is 4.39 Å². The van der Waals surface area contributed by atoms with Gasteiger partial charge in [-0.2, -0.15) is 0 Å². The first-order valence-electron chi connectivity index (χ1n) is 8.89. The number of benzene rings is 2. The van der Waals surface area contributed by atoms with Gasteiger partial charge in [-0.05, 0) is 23.8 Å². The van der Waals surface area contributed by atoms with Gasteiger partial charge >= 0.3 is 0 Å². The zero-order valence-corrected chi connectivity index (χ0v) is 16.4. The van der Waals surface area contributed by atoms with E-state index in [4.69, 9.17) is 0 Å². The Bertz CT molecular complexity index is 963. The van der Waals surface area contributed by atoms with E-state index < -0.39 is 21.7 Å². The van der Waals surface area contributed by atoms with Gasteiger partial charge < -0.3 is 10.6 Å². The van der Waals surface area contributed by atoms with Gasteiger partial charge in [0.15, 0.2) is 0 Å². The maximum absolute atomic E-state index is 13.5. The molecule has 0 spiro atoms. The zero-order chi connectivity index (χ0) is 21.1. The van der Waals surface area contributed by atoms with Crippen molar-refractivity contribution in [2.24, 2.45) is 0 Å². The molecule has 0 unspecified atom stereocenters. The number of hydrogen-bond acceptors (Lipinski definition) is 4. The van der Waals surface area contributed by atoms with Crippen molar-refractivity contribution in [2.75, 3.05) is 19.6 Å². The number of nitrogens with one attached hydrogen (secondary N) is 3. The highest BCUT2D eigenvalue weighted by molar-refractivity contribution is 7.92. The van der Waals surface area contributed by atoms with E-state index in [1.165, 1.54) is 24.3 Å². The van der Waals surface area contributed by atoms with Gasteiger partial charge in [0.05, 0.1) is 5.56 Å². The van der Waals surface area contributed by atoms with Gasteiger partial charge in [-0.3, -0.25) is 9.59 Å². The molecule has 2 amide bonds. The van der Waals surface area contributed by atoms with Crippen LogP contribution in [-0.2, 0) is 14.8 Å². The molecule has 0 aliphatic rings. The van der Waals surface area contributed by atoms with Crippen LogP contribution < -0.4 is 15.4 Å². The first-order valence-corrected chi connectivity index (χ1v) is 10.4. The molecule has 0 aliphatic heterocycles. The van der Waals surface area contributed by atoms with Gasteiger partial charge in [-0.15, -0.1) is 0 Å². The molecule has 29 heavy (non-hydrogen) atoms. The quantitative estimate of drug-likeness (QED) is 0.510. The topological polar surface area (TPSA) is 104 Å². The summed E-state index contributed by atoms with van der Waals surface area (Å²) in [6, 6.07) is 14.5. The first kappa shape index (κ1) is 22.3. The largest absolute Gasteiger partial charge is 0.354 e. The Morgan fingerprint density at radius 3 is 2.28 bits per heavy atom. The summed E-state index contributed by atoms with van der Waals surface area (Å²) in [7, 11) is -3.65. The summed E-state index contributed by atoms with van der Waals surface area (Å²) in [5, 5.41) is 6.08. The van der Waals surface area contributed by atoms with Crippen molar-refractivity contribution in [2.45, 2.75) is 6.42 Å². The van der Waals surface area contributed by atoms with Crippen molar-refractivity contribution in [3.63, 3.8) is 0 Å². The maximum Gasteiger partial charge on any atom is 0.254 e. The number of amides is 2. The lowest BCUT2D eigenvalue weighted by atomic mass is 10.2. The van der Waals surface area contributed by atoms with Gasteiger partial charge in [-0.1, -0.05) is 42.5 Å². The van der Waals surface area contributed by atoms with Crippen molar-refractivity contribution in [1.82, 2.24) is 15.4 Å².